The molecule has 1 heterocycles. The van der Waals surface area contributed by atoms with Gasteiger partial charge in [0.05, 0.1) is 0 Å². The molecule has 0 aromatic heterocycles. The normalized spacial score (nSPS) is 26.3. The molecule has 1 unspecified atom stereocenters. The van der Waals surface area contributed by atoms with E-state index in [0.717, 1.165) is 31.4 Å². The van der Waals surface area contributed by atoms with E-state index in [1.165, 1.54) is 51.5 Å². The van der Waals surface area contributed by atoms with Gasteiger partial charge in [0.15, 0.2) is 5.96 Å². The number of nitrogens with zero attached hydrogens (tertiary/aromatic N) is 2. The summed E-state index contributed by atoms with van der Waals surface area (Å²) in [5.41, 5.74) is 0. The number of carbonyl (C=O) groups excluding carboxylic acids is 1. The fourth-order valence-corrected chi connectivity index (χ4v) is 4.56. The summed E-state index contributed by atoms with van der Waals surface area (Å²) in [4.78, 5) is 18.9. The third-order valence-electron chi connectivity index (χ3n) is 5.99. The first-order valence-corrected chi connectivity index (χ1v) is 10.2. The second-order valence-electron chi connectivity index (χ2n) is 7.86. The number of likely N-dealkylation sites (tertiary alicyclic amines) is 1. The summed E-state index contributed by atoms with van der Waals surface area (Å²) < 4.78 is 0. The van der Waals surface area contributed by atoms with Crippen LogP contribution in [0.4, 0.5) is 0 Å². The Balaban J connectivity index is 1.32. The molecule has 25 heavy (non-hydrogen) atoms. The fourth-order valence-electron chi connectivity index (χ4n) is 4.56. The maximum atomic E-state index is 12.0. The van der Waals surface area contributed by atoms with E-state index >= 15 is 0 Å². The molecule has 0 radical (unpaired) electrons. The largest absolute Gasteiger partial charge is 0.356 e. The maximum absolute atomic E-state index is 12.0. The summed E-state index contributed by atoms with van der Waals surface area (Å²) in [5.74, 6) is 0.982. The van der Waals surface area contributed by atoms with E-state index in [2.05, 4.69) is 25.8 Å². The van der Waals surface area contributed by atoms with Crippen LogP contribution in [0.5, 0.6) is 0 Å². The highest BCUT2D eigenvalue weighted by Gasteiger charge is 2.30. The average molecular weight is 350 g/mol. The molecule has 2 aliphatic carbocycles. The first-order valence-electron chi connectivity index (χ1n) is 10.2. The van der Waals surface area contributed by atoms with E-state index in [1.807, 2.05) is 0 Å². The summed E-state index contributed by atoms with van der Waals surface area (Å²) in [6.07, 6.45) is 12.0. The van der Waals surface area contributed by atoms with Crippen LogP contribution in [0.3, 0.4) is 0 Å². The van der Waals surface area contributed by atoms with Crippen LogP contribution in [-0.2, 0) is 4.79 Å². The molecular formula is C19H35N5O. The van der Waals surface area contributed by atoms with E-state index < -0.39 is 0 Å². The number of aliphatic imine (C=N–C) groups is 1. The van der Waals surface area contributed by atoms with Crippen molar-refractivity contribution in [3.8, 4) is 0 Å². The Kier molecular flexibility index (Phi) is 6.96. The predicted octanol–water partition coefficient (Wildman–Crippen LogP) is 1.62. The molecule has 1 atom stereocenters. The van der Waals surface area contributed by atoms with Crippen molar-refractivity contribution in [2.24, 2.45) is 4.99 Å². The second kappa shape index (κ2) is 9.41. The quantitative estimate of drug-likeness (QED) is 0.503. The van der Waals surface area contributed by atoms with E-state index in [1.54, 1.807) is 7.05 Å². The van der Waals surface area contributed by atoms with E-state index in [9.17, 15) is 4.79 Å². The van der Waals surface area contributed by atoms with E-state index in [4.69, 9.17) is 0 Å². The number of amides is 1. The Bertz CT molecular complexity index is 455. The van der Waals surface area contributed by atoms with Gasteiger partial charge in [0, 0.05) is 51.2 Å². The Morgan fingerprint density at radius 1 is 1.00 bits per heavy atom. The van der Waals surface area contributed by atoms with E-state index in [-0.39, 0.29) is 5.91 Å². The van der Waals surface area contributed by atoms with Gasteiger partial charge in [0.2, 0.25) is 5.91 Å². The molecule has 0 spiro atoms. The molecule has 3 rings (SSSR count). The van der Waals surface area contributed by atoms with Crippen molar-refractivity contribution in [2.45, 2.75) is 82.3 Å². The second-order valence-corrected chi connectivity index (χ2v) is 7.86. The van der Waals surface area contributed by atoms with Gasteiger partial charge in [-0.1, -0.05) is 25.7 Å². The van der Waals surface area contributed by atoms with Crippen LogP contribution in [0.1, 0.15) is 64.2 Å². The zero-order valence-corrected chi connectivity index (χ0v) is 15.7. The van der Waals surface area contributed by atoms with Crippen molar-refractivity contribution in [1.29, 1.82) is 0 Å². The summed E-state index contributed by atoms with van der Waals surface area (Å²) in [6, 6.07) is 1.69. The number of rotatable bonds is 6. The lowest BCUT2D eigenvalue weighted by molar-refractivity contribution is -0.121. The van der Waals surface area contributed by atoms with Crippen LogP contribution in [0, 0.1) is 0 Å². The molecular weight excluding hydrogens is 314 g/mol. The van der Waals surface area contributed by atoms with Gasteiger partial charge in [-0.3, -0.25) is 14.7 Å². The zero-order valence-electron chi connectivity index (χ0n) is 15.7. The average Bonchev–Trinajstić information content (AvgIpc) is 3.35. The fraction of sp³-hybridized carbons (Fsp3) is 0.895. The SMILES string of the molecule is CN=C(NCCC(=O)NC1CCCC1)NC1CCN(C2CCCC2)C1. The molecule has 142 valence electrons. The Hall–Kier alpha value is -1.30. The van der Waals surface area contributed by atoms with Crippen LogP contribution in [0.15, 0.2) is 4.99 Å². The van der Waals surface area contributed by atoms with Crippen LogP contribution in [0.25, 0.3) is 0 Å². The first-order chi connectivity index (χ1) is 12.2. The molecule has 3 aliphatic rings. The topological polar surface area (TPSA) is 68.8 Å². The summed E-state index contributed by atoms with van der Waals surface area (Å²) in [7, 11) is 1.80. The minimum atomic E-state index is 0.156. The lowest BCUT2D eigenvalue weighted by Gasteiger charge is -2.24. The minimum Gasteiger partial charge on any atom is -0.356 e. The molecule has 1 amide bonds. The minimum absolute atomic E-state index is 0.156. The molecule has 6 nitrogen and oxygen atoms in total. The van der Waals surface area contributed by atoms with Crippen LogP contribution < -0.4 is 16.0 Å². The smallest absolute Gasteiger partial charge is 0.221 e. The van der Waals surface area contributed by atoms with Crippen molar-refractivity contribution in [3.05, 3.63) is 0 Å². The van der Waals surface area contributed by atoms with Gasteiger partial charge in [-0.05, 0) is 32.1 Å². The molecule has 1 saturated heterocycles. The van der Waals surface area contributed by atoms with E-state index in [0.29, 0.717) is 25.0 Å². The molecule has 0 aromatic carbocycles. The van der Waals surface area contributed by atoms with Gasteiger partial charge >= 0.3 is 0 Å². The third-order valence-corrected chi connectivity index (χ3v) is 5.99. The van der Waals surface area contributed by atoms with Crippen LogP contribution >= 0.6 is 0 Å². The number of hydrogen-bond acceptors (Lipinski definition) is 3. The molecule has 3 N–H and O–H groups in total. The molecule has 6 heteroatoms. The van der Waals surface area contributed by atoms with Crippen molar-refractivity contribution >= 4 is 11.9 Å². The highest BCUT2D eigenvalue weighted by Crippen LogP contribution is 2.26. The zero-order chi connectivity index (χ0) is 17.5. The van der Waals surface area contributed by atoms with Gasteiger partial charge in [-0.15, -0.1) is 0 Å². The third kappa shape index (κ3) is 5.59. The first kappa shape index (κ1) is 18.5. The molecule has 2 saturated carbocycles. The van der Waals surface area contributed by atoms with Crippen molar-refractivity contribution in [1.82, 2.24) is 20.9 Å². The Morgan fingerprint density at radius 3 is 2.44 bits per heavy atom. The van der Waals surface area contributed by atoms with Crippen molar-refractivity contribution in [2.75, 3.05) is 26.7 Å². The standard InChI is InChI=1S/C19H35N5O/c1-20-19(21-12-10-18(25)22-15-6-2-3-7-15)23-16-11-13-24(14-16)17-8-4-5-9-17/h15-17H,2-14H2,1H3,(H,22,25)(H2,20,21,23). The molecule has 1 aliphatic heterocycles. The molecule has 3 fully saturated rings. The maximum Gasteiger partial charge on any atom is 0.221 e. The Labute approximate surface area is 152 Å². The van der Waals surface area contributed by atoms with Crippen LogP contribution in [-0.4, -0.2) is 61.6 Å². The number of hydrogen-bond donors (Lipinski definition) is 3. The number of nitrogens with one attached hydrogen (secondary N) is 3. The summed E-state index contributed by atoms with van der Waals surface area (Å²) in [6.45, 7) is 2.95. The highest BCUT2D eigenvalue weighted by molar-refractivity contribution is 5.81. The highest BCUT2D eigenvalue weighted by atomic mass is 16.1. The Morgan fingerprint density at radius 2 is 1.72 bits per heavy atom. The van der Waals surface area contributed by atoms with Crippen molar-refractivity contribution < 1.29 is 4.79 Å². The van der Waals surface area contributed by atoms with Gasteiger partial charge in [-0.2, -0.15) is 0 Å². The monoisotopic (exact) mass is 349 g/mol. The lowest BCUT2D eigenvalue weighted by atomic mass is 10.2. The predicted molar refractivity (Wildman–Crippen MR) is 102 cm³/mol. The summed E-state index contributed by atoms with van der Waals surface area (Å²) in [5, 5.41) is 9.96. The van der Waals surface area contributed by atoms with Crippen LogP contribution in [0.2, 0.25) is 0 Å². The lowest BCUT2D eigenvalue weighted by Crippen LogP contribution is -2.46. The van der Waals surface area contributed by atoms with Crippen molar-refractivity contribution in [3.63, 3.8) is 0 Å². The van der Waals surface area contributed by atoms with Gasteiger partial charge in [0.25, 0.3) is 0 Å². The van der Waals surface area contributed by atoms with Gasteiger partial charge in [-0.25, -0.2) is 0 Å². The molecule has 0 bridgehead atoms. The number of guanidine groups is 1. The van der Waals surface area contributed by atoms with Gasteiger partial charge < -0.3 is 16.0 Å². The van der Waals surface area contributed by atoms with Gasteiger partial charge in [0.1, 0.15) is 0 Å². The summed E-state index contributed by atoms with van der Waals surface area (Å²) >= 11 is 0. The number of carbonyl (C=O) groups is 1. The molecule has 0 aromatic rings.